The van der Waals surface area contributed by atoms with Crippen molar-refractivity contribution in [1.29, 1.82) is 10.5 Å². The standard InChI is InChI=1S/C24H30N2S2/c1-7-9-11-21-23(15(3)17(5)27-21)19(13-25)20(14-26)24-16(4)18(6)28-22(24)12-10-8-2/h7-12H2,1-6H3/b20-19-. The Kier molecular flexibility index (Phi) is 8.05. The van der Waals surface area contributed by atoms with Crippen LogP contribution in [-0.4, -0.2) is 0 Å². The van der Waals surface area contributed by atoms with Gasteiger partial charge in [0, 0.05) is 30.6 Å². The molecule has 0 atom stereocenters. The van der Waals surface area contributed by atoms with E-state index in [1.807, 2.05) is 0 Å². The van der Waals surface area contributed by atoms with Crippen molar-refractivity contribution >= 4 is 33.8 Å². The summed E-state index contributed by atoms with van der Waals surface area (Å²) >= 11 is 3.57. The molecule has 2 nitrogen and oxygen atoms in total. The van der Waals surface area contributed by atoms with E-state index in [4.69, 9.17) is 0 Å². The molecule has 0 N–H and O–H groups in total. The fourth-order valence-electron chi connectivity index (χ4n) is 3.55. The number of aryl methyl sites for hydroxylation is 4. The average Bonchev–Trinajstić information content (AvgIpc) is 3.12. The lowest BCUT2D eigenvalue weighted by Gasteiger charge is -2.10. The van der Waals surface area contributed by atoms with Crippen molar-refractivity contribution in [2.24, 2.45) is 0 Å². The van der Waals surface area contributed by atoms with Crippen LogP contribution in [0.1, 0.15) is 81.3 Å². The van der Waals surface area contributed by atoms with E-state index in [1.165, 1.54) is 19.5 Å². The van der Waals surface area contributed by atoms with Crippen LogP contribution in [0.25, 0.3) is 11.1 Å². The number of rotatable bonds is 8. The zero-order chi connectivity index (χ0) is 20.8. The molecule has 0 aromatic carbocycles. The van der Waals surface area contributed by atoms with E-state index in [9.17, 15) is 10.5 Å². The Balaban J connectivity index is 2.77. The number of hydrogen-bond donors (Lipinski definition) is 0. The van der Waals surface area contributed by atoms with Crippen molar-refractivity contribution in [1.82, 2.24) is 0 Å². The van der Waals surface area contributed by atoms with Gasteiger partial charge in [0.1, 0.15) is 12.1 Å². The smallest absolute Gasteiger partial charge is 0.101 e. The normalized spacial score (nSPS) is 11.9. The highest BCUT2D eigenvalue weighted by Crippen LogP contribution is 2.41. The number of nitriles is 2. The number of allylic oxidation sites excluding steroid dienone is 2. The zero-order valence-corrected chi connectivity index (χ0v) is 19.6. The summed E-state index contributed by atoms with van der Waals surface area (Å²) in [6.07, 6.45) is 6.39. The number of unbranched alkanes of at least 4 members (excludes halogenated alkanes) is 2. The molecule has 2 aromatic heterocycles. The predicted octanol–water partition coefficient (Wildman–Crippen LogP) is 7.69. The number of hydrogen-bond acceptors (Lipinski definition) is 4. The van der Waals surface area contributed by atoms with Crippen molar-refractivity contribution in [2.45, 2.75) is 80.1 Å². The first-order chi connectivity index (χ1) is 13.4. The fraction of sp³-hybridized carbons (Fsp3) is 0.500. The molecule has 4 heteroatoms. The molecular weight excluding hydrogens is 380 g/mol. The molecule has 2 aromatic rings. The van der Waals surface area contributed by atoms with E-state index >= 15 is 0 Å². The van der Waals surface area contributed by atoms with Crippen molar-refractivity contribution in [3.05, 3.63) is 41.8 Å². The van der Waals surface area contributed by atoms with Crippen LogP contribution < -0.4 is 0 Å². The largest absolute Gasteiger partial charge is 0.192 e. The Morgan fingerprint density at radius 3 is 1.36 bits per heavy atom. The minimum Gasteiger partial charge on any atom is -0.192 e. The Morgan fingerprint density at radius 2 is 1.07 bits per heavy atom. The molecule has 0 bridgehead atoms. The van der Waals surface area contributed by atoms with Crippen LogP contribution in [0.4, 0.5) is 0 Å². The summed E-state index contributed by atoms with van der Waals surface area (Å²) in [5.41, 5.74) is 5.46. The molecule has 0 aliphatic carbocycles. The van der Waals surface area contributed by atoms with Gasteiger partial charge >= 0.3 is 0 Å². The predicted molar refractivity (Wildman–Crippen MR) is 123 cm³/mol. The second kappa shape index (κ2) is 10.1. The van der Waals surface area contributed by atoms with Gasteiger partial charge in [-0.2, -0.15) is 10.5 Å². The first-order valence-electron chi connectivity index (χ1n) is 10.1. The summed E-state index contributed by atoms with van der Waals surface area (Å²) in [5.74, 6) is 0. The Bertz CT molecular complexity index is 880. The highest BCUT2D eigenvalue weighted by atomic mass is 32.1. The second-order valence-electron chi connectivity index (χ2n) is 7.34. The number of nitrogens with zero attached hydrogens (tertiary/aromatic N) is 2. The van der Waals surface area contributed by atoms with E-state index < -0.39 is 0 Å². The van der Waals surface area contributed by atoms with Gasteiger partial charge in [-0.1, -0.05) is 26.7 Å². The van der Waals surface area contributed by atoms with Crippen molar-refractivity contribution in [3.63, 3.8) is 0 Å². The summed E-state index contributed by atoms with van der Waals surface area (Å²) < 4.78 is 0. The lowest BCUT2D eigenvalue weighted by Crippen LogP contribution is -1.97. The SMILES string of the molecule is CCCCc1sc(C)c(C)c1/C(C#N)=C(/C#N)c1c(CCCC)sc(C)c1C. The Hall–Kier alpha value is -1.88. The van der Waals surface area contributed by atoms with E-state index in [0.29, 0.717) is 11.1 Å². The minimum absolute atomic E-state index is 0.564. The van der Waals surface area contributed by atoms with Gasteiger partial charge in [-0.25, -0.2) is 0 Å². The van der Waals surface area contributed by atoms with Crippen LogP contribution in [-0.2, 0) is 12.8 Å². The maximum atomic E-state index is 10.1. The topological polar surface area (TPSA) is 47.6 Å². The summed E-state index contributed by atoms with van der Waals surface area (Å²) in [6, 6.07) is 4.85. The maximum Gasteiger partial charge on any atom is 0.101 e. The molecule has 0 aliphatic heterocycles. The third-order valence-electron chi connectivity index (χ3n) is 5.40. The van der Waals surface area contributed by atoms with E-state index in [0.717, 1.165) is 60.8 Å². The minimum atomic E-state index is 0.564. The highest BCUT2D eigenvalue weighted by molar-refractivity contribution is 7.12. The number of thiophene rings is 2. The summed E-state index contributed by atoms with van der Waals surface area (Å²) in [4.78, 5) is 4.99. The Labute approximate surface area is 178 Å². The van der Waals surface area contributed by atoms with Crippen molar-refractivity contribution in [2.75, 3.05) is 0 Å². The van der Waals surface area contributed by atoms with Gasteiger partial charge in [-0.3, -0.25) is 0 Å². The van der Waals surface area contributed by atoms with Crippen LogP contribution in [0.2, 0.25) is 0 Å². The quantitative estimate of drug-likeness (QED) is 0.419. The lowest BCUT2D eigenvalue weighted by molar-refractivity contribution is 0.802. The van der Waals surface area contributed by atoms with Crippen LogP contribution in [0, 0.1) is 50.4 Å². The van der Waals surface area contributed by atoms with Gasteiger partial charge in [-0.15, -0.1) is 22.7 Å². The van der Waals surface area contributed by atoms with Gasteiger partial charge in [0.15, 0.2) is 0 Å². The molecule has 0 fully saturated rings. The molecule has 0 unspecified atom stereocenters. The van der Waals surface area contributed by atoms with E-state index in [1.54, 1.807) is 22.7 Å². The molecule has 0 radical (unpaired) electrons. The molecule has 0 spiro atoms. The molecule has 0 saturated carbocycles. The van der Waals surface area contributed by atoms with Crippen LogP contribution in [0.5, 0.6) is 0 Å². The molecule has 0 amide bonds. The molecule has 2 heterocycles. The van der Waals surface area contributed by atoms with Crippen LogP contribution in [0.3, 0.4) is 0 Å². The molecule has 0 saturated heterocycles. The maximum absolute atomic E-state index is 10.1. The van der Waals surface area contributed by atoms with Crippen molar-refractivity contribution < 1.29 is 0 Å². The molecular formula is C24H30N2S2. The molecule has 28 heavy (non-hydrogen) atoms. The van der Waals surface area contributed by atoms with E-state index in [-0.39, 0.29) is 0 Å². The average molecular weight is 411 g/mol. The van der Waals surface area contributed by atoms with Gasteiger partial charge < -0.3 is 0 Å². The Morgan fingerprint density at radius 1 is 0.714 bits per heavy atom. The van der Waals surface area contributed by atoms with Gasteiger partial charge in [0.2, 0.25) is 0 Å². The van der Waals surface area contributed by atoms with Crippen molar-refractivity contribution in [3.8, 4) is 12.1 Å². The van der Waals surface area contributed by atoms with Gasteiger partial charge in [0.05, 0.1) is 11.1 Å². The van der Waals surface area contributed by atoms with Crippen LogP contribution in [0.15, 0.2) is 0 Å². The first kappa shape index (κ1) is 22.4. The van der Waals surface area contributed by atoms with Gasteiger partial charge in [0.25, 0.3) is 0 Å². The molecule has 2 rings (SSSR count). The lowest BCUT2D eigenvalue weighted by atomic mass is 9.90. The molecule has 0 aliphatic rings. The summed E-state index contributed by atoms with van der Waals surface area (Å²) in [6.45, 7) is 12.8. The van der Waals surface area contributed by atoms with E-state index in [2.05, 4.69) is 53.7 Å². The van der Waals surface area contributed by atoms with Gasteiger partial charge in [-0.05, 0) is 64.5 Å². The second-order valence-corrected chi connectivity index (χ2v) is 9.96. The molecule has 148 valence electrons. The third kappa shape index (κ3) is 4.40. The summed E-state index contributed by atoms with van der Waals surface area (Å²) in [5, 5.41) is 20.3. The fourth-order valence-corrected chi connectivity index (χ4v) is 6.01. The monoisotopic (exact) mass is 410 g/mol. The van der Waals surface area contributed by atoms with Crippen LogP contribution >= 0.6 is 22.7 Å². The first-order valence-corrected chi connectivity index (χ1v) is 11.8. The highest BCUT2D eigenvalue weighted by Gasteiger charge is 2.24. The summed E-state index contributed by atoms with van der Waals surface area (Å²) in [7, 11) is 0. The zero-order valence-electron chi connectivity index (χ0n) is 18.0. The third-order valence-corrected chi connectivity index (χ3v) is 7.94.